The Labute approximate surface area is 396 Å². The van der Waals surface area contributed by atoms with Crippen LogP contribution in [0.4, 0.5) is 0 Å². The van der Waals surface area contributed by atoms with E-state index in [-0.39, 0.29) is 10.8 Å². The van der Waals surface area contributed by atoms with Crippen molar-refractivity contribution in [1.29, 1.82) is 0 Å². The summed E-state index contributed by atoms with van der Waals surface area (Å²) < 4.78 is 16.4. The fraction of sp³-hybridized carbons (Fsp3) is 0.177. The van der Waals surface area contributed by atoms with Crippen LogP contribution in [-0.4, -0.2) is 19.5 Å². The number of aromatic nitrogens is 4. The van der Waals surface area contributed by atoms with Crippen LogP contribution in [-0.2, 0) is 16.2 Å². The predicted molar refractivity (Wildman–Crippen MR) is 279 cm³/mol. The van der Waals surface area contributed by atoms with E-state index in [9.17, 15) is 0 Å². The highest BCUT2D eigenvalue weighted by Gasteiger charge is 2.40. The molecule has 4 heterocycles. The molecule has 0 bridgehead atoms. The van der Waals surface area contributed by atoms with Crippen molar-refractivity contribution in [1.82, 2.24) is 19.5 Å². The SMILES string of the molecule is CC(C)(C)c1cc(-c2ccc3c(c2)c2cc4c(cc2n3-c2ccccc2)oc2ccccc24)c2c(c1)C(C)(C)c1cc(C(C)(C)C)cc(-c3nc(-c4ccccc4)nc(-c4ccccc4)n3)c1O2. The molecule has 332 valence electrons. The van der Waals surface area contributed by atoms with Crippen LogP contribution in [0.3, 0.4) is 0 Å². The predicted octanol–water partition coefficient (Wildman–Crippen LogP) is 16.6. The van der Waals surface area contributed by atoms with Crippen molar-refractivity contribution in [2.75, 3.05) is 0 Å². The molecule has 12 rings (SSSR count). The Hall–Kier alpha value is -7.83. The van der Waals surface area contributed by atoms with Crippen molar-refractivity contribution in [3.63, 3.8) is 0 Å². The molecule has 0 fully saturated rings. The molecule has 68 heavy (non-hydrogen) atoms. The van der Waals surface area contributed by atoms with E-state index < -0.39 is 5.41 Å². The van der Waals surface area contributed by atoms with Crippen LogP contribution in [0.5, 0.6) is 11.5 Å². The van der Waals surface area contributed by atoms with Crippen LogP contribution in [0, 0.1) is 0 Å². The maximum absolute atomic E-state index is 7.56. The second-order valence-corrected chi connectivity index (χ2v) is 20.9. The van der Waals surface area contributed by atoms with Gasteiger partial charge in [-0.05, 0) is 76.1 Å². The van der Waals surface area contributed by atoms with Crippen molar-refractivity contribution in [2.24, 2.45) is 0 Å². The quantitative estimate of drug-likeness (QED) is 0.172. The third-order valence-corrected chi connectivity index (χ3v) is 14.0. The number of benzene rings is 8. The summed E-state index contributed by atoms with van der Waals surface area (Å²) in [5, 5.41) is 4.53. The van der Waals surface area contributed by atoms with Gasteiger partial charge in [-0.15, -0.1) is 0 Å². The van der Waals surface area contributed by atoms with E-state index in [1.54, 1.807) is 0 Å². The number of rotatable bonds is 5. The molecule has 3 aromatic heterocycles. The van der Waals surface area contributed by atoms with Gasteiger partial charge in [0.15, 0.2) is 17.5 Å². The van der Waals surface area contributed by atoms with Crippen LogP contribution >= 0.6 is 0 Å². The smallest absolute Gasteiger partial charge is 0.167 e. The second kappa shape index (κ2) is 15.1. The van der Waals surface area contributed by atoms with Crippen LogP contribution in [0.2, 0.25) is 0 Å². The zero-order valence-corrected chi connectivity index (χ0v) is 39.8. The number of furan rings is 1. The maximum atomic E-state index is 7.56. The summed E-state index contributed by atoms with van der Waals surface area (Å²) in [4.78, 5) is 15.6. The molecule has 0 unspecified atom stereocenters. The molecular weight excluding hydrogens is 833 g/mol. The van der Waals surface area contributed by atoms with Gasteiger partial charge in [0.05, 0.1) is 16.6 Å². The topological polar surface area (TPSA) is 66.0 Å². The van der Waals surface area contributed by atoms with E-state index in [1.165, 1.54) is 11.1 Å². The third-order valence-electron chi connectivity index (χ3n) is 14.0. The van der Waals surface area contributed by atoms with Crippen LogP contribution < -0.4 is 4.74 Å². The van der Waals surface area contributed by atoms with E-state index in [2.05, 4.69) is 181 Å². The monoisotopic (exact) mass is 884 g/mol. The van der Waals surface area contributed by atoms with Gasteiger partial charge in [0.25, 0.3) is 0 Å². The fourth-order valence-electron chi connectivity index (χ4n) is 10.1. The van der Waals surface area contributed by atoms with E-state index in [0.29, 0.717) is 17.5 Å². The first-order valence-electron chi connectivity index (χ1n) is 23.6. The molecule has 11 aromatic rings. The maximum Gasteiger partial charge on any atom is 0.167 e. The zero-order valence-electron chi connectivity index (χ0n) is 39.8. The van der Waals surface area contributed by atoms with Gasteiger partial charge in [-0.25, -0.2) is 15.0 Å². The van der Waals surface area contributed by atoms with Crippen molar-refractivity contribution >= 4 is 43.7 Å². The van der Waals surface area contributed by atoms with Gasteiger partial charge in [-0.3, -0.25) is 0 Å². The molecule has 1 aliphatic heterocycles. The molecule has 6 nitrogen and oxygen atoms in total. The first-order valence-corrected chi connectivity index (χ1v) is 23.6. The lowest BCUT2D eigenvalue weighted by Crippen LogP contribution is -2.27. The second-order valence-electron chi connectivity index (χ2n) is 20.9. The average Bonchev–Trinajstić information content (AvgIpc) is 3.87. The number of fused-ring (bicyclic) bond motifs is 8. The molecule has 0 spiro atoms. The summed E-state index contributed by atoms with van der Waals surface area (Å²) in [6.07, 6.45) is 0. The first-order chi connectivity index (χ1) is 32.7. The highest BCUT2D eigenvalue weighted by atomic mass is 16.5. The third kappa shape index (κ3) is 6.72. The van der Waals surface area contributed by atoms with E-state index in [0.717, 1.165) is 99.9 Å². The Bertz CT molecular complexity index is 3740. The minimum Gasteiger partial charge on any atom is -0.456 e. The van der Waals surface area contributed by atoms with Crippen molar-refractivity contribution < 1.29 is 9.15 Å². The Kier molecular flexibility index (Phi) is 9.23. The van der Waals surface area contributed by atoms with Crippen LogP contribution in [0.15, 0.2) is 174 Å². The summed E-state index contributed by atoms with van der Waals surface area (Å²) >= 11 is 0. The standard InChI is InChI=1S/C62H52N4O2/c1-60(2,3)40-31-44(39-28-29-51-45(30-39)46-35-47-43-26-18-19-27-53(43)67-54(47)36-52(46)66(51)42-24-16-11-17-25-42)55-49(33-40)62(7,8)50-34-41(61(4,5)6)32-48(56(50)68-55)59-64-57(37-20-12-9-13-21-37)63-58(65-59)38-22-14-10-15-23-38/h9-36H,1-8H3. The van der Waals surface area contributed by atoms with Crippen molar-refractivity contribution in [2.45, 2.75) is 71.6 Å². The summed E-state index contributed by atoms with van der Waals surface area (Å²) in [5.74, 6) is 3.40. The highest BCUT2D eigenvalue weighted by molar-refractivity contribution is 6.18. The van der Waals surface area contributed by atoms with Gasteiger partial charge in [0, 0.05) is 66.5 Å². The number of nitrogens with zero attached hydrogens (tertiary/aromatic N) is 4. The number of hydrogen-bond acceptors (Lipinski definition) is 5. The van der Waals surface area contributed by atoms with Gasteiger partial charge in [0.1, 0.15) is 22.7 Å². The van der Waals surface area contributed by atoms with Crippen LogP contribution in [0.25, 0.3) is 94.7 Å². The number of hydrogen-bond donors (Lipinski definition) is 0. The van der Waals surface area contributed by atoms with Crippen LogP contribution in [0.1, 0.15) is 77.6 Å². The lowest BCUT2D eigenvalue weighted by molar-refractivity contribution is 0.417. The Balaban J connectivity index is 1.12. The van der Waals surface area contributed by atoms with Gasteiger partial charge in [-0.1, -0.05) is 171 Å². The molecule has 0 N–H and O–H groups in total. The Morgan fingerprint density at radius 2 is 0.956 bits per heavy atom. The fourth-order valence-corrected chi connectivity index (χ4v) is 10.1. The molecule has 6 heteroatoms. The molecule has 8 aromatic carbocycles. The molecule has 0 saturated carbocycles. The Morgan fingerprint density at radius 3 is 1.57 bits per heavy atom. The van der Waals surface area contributed by atoms with Crippen molar-refractivity contribution in [3.05, 3.63) is 192 Å². The summed E-state index contributed by atoms with van der Waals surface area (Å²) in [7, 11) is 0. The molecule has 0 aliphatic carbocycles. The van der Waals surface area contributed by atoms with Gasteiger partial charge in [0.2, 0.25) is 0 Å². The molecule has 0 amide bonds. The Morgan fingerprint density at radius 1 is 0.426 bits per heavy atom. The molecule has 1 aliphatic rings. The lowest BCUT2D eigenvalue weighted by Gasteiger charge is -2.39. The number of para-hydroxylation sites is 2. The van der Waals surface area contributed by atoms with E-state index in [1.807, 2.05) is 48.5 Å². The highest BCUT2D eigenvalue weighted by Crippen LogP contribution is 2.56. The molecule has 0 atom stereocenters. The zero-order chi connectivity index (χ0) is 46.7. The van der Waals surface area contributed by atoms with E-state index >= 15 is 0 Å². The van der Waals surface area contributed by atoms with Gasteiger partial charge < -0.3 is 13.7 Å². The summed E-state index contributed by atoms with van der Waals surface area (Å²) in [6.45, 7) is 18.4. The van der Waals surface area contributed by atoms with Crippen molar-refractivity contribution in [3.8, 4) is 62.5 Å². The normalized spacial score (nSPS) is 13.5. The van der Waals surface area contributed by atoms with Gasteiger partial charge in [-0.2, -0.15) is 0 Å². The largest absolute Gasteiger partial charge is 0.456 e. The van der Waals surface area contributed by atoms with E-state index in [4.69, 9.17) is 24.1 Å². The average molecular weight is 885 g/mol. The minimum absolute atomic E-state index is 0.146. The number of ether oxygens (including phenoxy) is 1. The molecule has 0 radical (unpaired) electrons. The minimum atomic E-state index is -0.478. The molecular formula is C62H52N4O2. The molecule has 0 saturated heterocycles. The lowest BCUT2D eigenvalue weighted by atomic mass is 9.70. The first kappa shape index (κ1) is 41.6. The summed E-state index contributed by atoms with van der Waals surface area (Å²) in [6, 6.07) is 60.0. The summed E-state index contributed by atoms with van der Waals surface area (Å²) in [5.41, 5.74) is 13.7. The van der Waals surface area contributed by atoms with Gasteiger partial charge >= 0.3 is 0 Å².